The monoisotopic (exact) mass is 402 g/mol. The molecule has 29 heavy (non-hydrogen) atoms. The van der Waals surface area contributed by atoms with Gasteiger partial charge in [-0.2, -0.15) is 0 Å². The van der Waals surface area contributed by atoms with Gasteiger partial charge in [-0.15, -0.1) is 0 Å². The number of benzene rings is 3. The standard InChI is InChI=1S/C23H15ClN2O3/c24-15-9-6-10-16(13-15)26-21(28)20(27)19(14-7-2-1-3-8-14)23(26)17-11-4-5-12-18(17)25-22(23)29/h1-13,27H,(H,25,29). The van der Waals surface area contributed by atoms with E-state index < -0.39 is 23.1 Å². The van der Waals surface area contributed by atoms with E-state index in [1.54, 1.807) is 66.7 Å². The van der Waals surface area contributed by atoms with E-state index in [0.29, 0.717) is 27.5 Å². The second kappa shape index (κ2) is 6.22. The number of rotatable bonds is 2. The number of hydrogen-bond donors (Lipinski definition) is 2. The summed E-state index contributed by atoms with van der Waals surface area (Å²) in [7, 11) is 0. The summed E-state index contributed by atoms with van der Waals surface area (Å²) in [4.78, 5) is 28.2. The molecule has 0 fully saturated rings. The van der Waals surface area contributed by atoms with Gasteiger partial charge in [-0.3, -0.25) is 14.5 Å². The number of carbonyl (C=O) groups is 2. The van der Waals surface area contributed by atoms with Gasteiger partial charge in [0.05, 0.1) is 0 Å². The molecule has 0 radical (unpaired) electrons. The molecule has 2 amide bonds. The number of aliphatic hydroxyl groups is 1. The number of aliphatic hydroxyl groups excluding tert-OH is 1. The van der Waals surface area contributed by atoms with Gasteiger partial charge in [0.2, 0.25) is 0 Å². The lowest BCUT2D eigenvalue weighted by Crippen LogP contribution is -2.50. The molecule has 1 spiro atoms. The number of nitrogens with one attached hydrogen (secondary N) is 1. The number of para-hydroxylation sites is 1. The smallest absolute Gasteiger partial charge is 0.295 e. The average Bonchev–Trinajstić information content (AvgIpc) is 3.14. The Morgan fingerprint density at radius 1 is 0.897 bits per heavy atom. The minimum absolute atomic E-state index is 0.255. The highest BCUT2D eigenvalue weighted by atomic mass is 35.5. The maximum atomic E-state index is 13.5. The average molecular weight is 403 g/mol. The third-order valence-corrected chi connectivity index (χ3v) is 5.60. The van der Waals surface area contributed by atoms with E-state index in [1.165, 1.54) is 4.90 Å². The van der Waals surface area contributed by atoms with Crippen molar-refractivity contribution in [1.29, 1.82) is 0 Å². The van der Waals surface area contributed by atoms with Crippen LogP contribution in [0.15, 0.2) is 84.6 Å². The van der Waals surface area contributed by atoms with E-state index in [-0.39, 0.29) is 5.57 Å². The van der Waals surface area contributed by atoms with Crippen LogP contribution < -0.4 is 10.2 Å². The van der Waals surface area contributed by atoms with Crippen molar-refractivity contribution in [2.45, 2.75) is 5.54 Å². The summed E-state index contributed by atoms with van der Waals surface area (Å²) >= 11 is 6.18. The maximum absolute atomic E-state index is 13.5. The molecule has 0 saturated heterocycles. The van der Waals surface area contributed by atoms with Crippen LogP contribution in [0.25, 0.3) is 5.57 Å². The number of amides is 2. The Kier molecular flexibility index (Phi) is 3.76. The number of halogens is 1. The van der Waals surface area contributed by atoms with Crippen LogP contribution in [0.3, 0.4) is 0 Å². The fraction of sp³-hybridized carbons (Fsp3) is 0.0435. The number of nitrogens with zero attached hydrogens (tertiary/aromatic N) is 1. The van der Waals surface area contributed by atoms with Crippen LogP contribution >= 0.6 is 11.6 Å². The number of hydrogen-bond acceptors (Lipinski definition) is 3. The normalized spacial score (nSPS) is 20.4. The summed E-state index contributed by atoms with van der Waals surface area (Å²) < 4.78 is 0. The highest BCUT2D eigenvalue weighted by Crippen LogP contribution is 2.55. The summed E-state index contributed by atoms with van der Waals surface area (Å²) in [6, 6.07) is 22.9. The molecule has 3 aromatic rings. The van der Waals surface area contributed by atoms with E-state index >= 15 is 0 Å². The molecule has 2 aliphatic heterocycles. The van der Waals surface area contributed by atoms with Crippen LogP contribution in [-0.2, 0) is 15.1 Å². The molecule has 1 unspecified atom stereocenters. The van der Waals surface area contributed by atoms with Crippen molar-refractivity contribution in [3.8, 4) is 0 Å². The first-order valence-electron chi connectivity index (χ1n) is 9.05. The van der Waals surface area contributed by atoms with Crippen LogP contribution in [0.2, 0.25) is 5.02 Å². The molecule has 1 atom stereocenters. The number of anilines is 2. The fourth-order valence-electron chi connectivity index (χ4n) is 4.24. The van der Waals surface area contributed by atoms with Gasteiger partial charge < -0.3 is 10.4 Å². The van der Waals surface area contributed by atoms with Crippen molar-refractivity contribution in [3.05, 3.63) is 101 Å². The molecule has 0 aliphatic carbocycles. The van der Waals surface area contributed by atoms with Crippen molar-refractivity contribution >= 4 is 40.4 Å². The van der Waals surface area contributed by atoms with Gasteiger partial charge >= 0.3 is 0 Å². The summed E-state index contributed by atoms with van der Waals surface area (Å²) in [5.41, 5.74) is 0.929. The highest BCUT2D eigenvalue weighted by molar-refractivity contribution is 6.32. The number of carbonyl (C=O) groups excluding carboxylic acids is 2. The molecule has 3 aromatic carbocycles. The van der Waals surface area contributed by atoms with Crippen molar-refractivity contribution in [1.82, 2.24) is 0 Å². The lowest BCUT2D eigenvalue weighted by molar-refractivity contribution is -0.123. The van der Waals surface area contributed by atoms with Gasteiger partial charge in [0, 0.05) is 27.5 Å². The van der Waals surface area contributed by atoms with Gasteiger partial charge in [0.15, 0.2) is 11.3 Å². The van der Waals surface area contributed by atoms with Crippen molar-refractivity contribution < 1.29 is 14.7 Å². The molecule has 142 valence electrons. The predicted octanol–water partition coefficient (Wildman–Crippen LogP) is 4.50. The molecular weight excluding hydrogens is 388 g/mol. The zero-order valence-corrected chi connectivity index (χ0v) is 15.9. The van der Waals surface area contributed by atoms with Gasteiger partial charge in [-0.1, -0.05) is 66.2 Å². The topological polar surface area (TPSA) is 69.6 Å². The lowest BCUT2D eigenvalue weighted by Gasteiger charge is -2.35. The van der Waals surface area contributed by atoms with Gasteiger partial charge in [0.25, 0.3) is 11.8 Å². The SMILES string of the molecule is O=C1C(O)=C(c2ccccc2)C2(C(=O)Nc3ccccc32)N1c1cccc(Cl)c1. The molecule has 2 heterocycles. The van der Waals surface area contributed by atoms with Crippen LogP contribution in [0.1, 0.15) is 11.1 Å². The van der Waals surface area contributed by atoms with Crippen LogP contribution in [0.4, 0.5) is 11.4 Å². The first kappa shape index (κ1) is 17.5. The molecule has 2 aliphatic rings. The summed E-state index contributed by atoms with van der Waals surface area (Å²) in [6.45, 7) is 0. The van der Waals surface area contributed by atoms with E-state index in [0.717, 1.165) is 0 Å². The zero-order valence-electron chi connectivity index (χ0n) is 15.1. The van der Waals surface area contributed by atoms with Gasteiger partial charge in [-0.25, -0.2) is 0 Å². The second-order valence-electron chi connectivity index (χ2n) is 6.92. The minimum Gasteiger partial charge on any atom is -0.503 e. The van der Waals surface area contributed by atoms with Crippen LogP contribution in [-0.4, -0.2) is 16.9 Å². The third-order valence-electron chi connectivity index (χ3n) is 5.36. The Hall–Kier alpha value is -3.57. The Labute approximate surface area is 171 Å². The van der Waals surface area contributed by atoms with Crippen LogP contribution in [0.5, 0.6) is 0 Å². The first-order valence-corrected chi connectivity index (χ1v) is 9.43. The first-order chi connectivity index (χ1) is 14.0. The Morgan fingerprint density at radius 2 is 1.62 bits per heavy atom. The quantitative estimate of drug-likeness (QED) is 0.663. The molecule has 0 saturated carbocycles. The largest absolute Gasteiger partial charge is 0.503 e. The molecular formula is C23H15ClN2O3. The van der Waals surface area contributed by atoms with Gasteiger partial charge in [0.1, 0.15) is 0 Å². The van der Waals surface area contributed by atoms with Crippen LogP contribution in [0, 0.1) is 0 Å². The third kappa shape index (κ3) is 2.28. The Bertz CT molecular complexity index is 1210. The van der Waals surface area contributed by atoms with E-state index in [9.17, 15) is 14.7 Å². The van der Waals surface area contributed by atoms with Crippen molar-refractivity contribution in [2.24, 2.45) is 0 Å². The van der Waals surface area contributed by atoms with E-state index in [1.807, 2.05) is 12.1 Å². The molecule has 6 heteroatoms. The number of fused-ring (bicyclic) bond motifs is 2. The summed E-state index contributed by atoms with van der Waals surface area (Å²) in [5, 5.41) is 14.3. The molecule has 0 aromatic heterocycles. The molecule has 0 bridgehead atoms. The van der Waals surface area contributed by atoms with E-state index in [4.69, 9.17) is 11.6 Å². The van der Waals surface area contributed by atoms with Gasteiger partial charge in [-0.05, 0) is 29.8 Å². The summed E-state index contributed by atoms with van der Waals surface area (Å²) in [5.74, 6) is -1.52. The molecule has 5 nitrogen and oxygen atoms in total. The lowest BCUT2D eigenvalue weighted by atomic mass is 9.80. The highest BCUT2D eigenvalue weighted by Gasteiger charge is 2.62. The molecule has 5 rings (SSSR count). The fourth-order valence-corrected chi connectivity index (χ4v) is 4.42. The van der Waals surface area contributed by atoms with Crippen molar-refractivity contribution in [3.63, 3.8) is 0 Å². The summed E-state index contributed by atoms with van der Waals surface area (Å²) in [6.07, 6.45) is 0. The van der Waals surface area contributed by atoms with E-state index in [2.05, 4.69) is 5.32 Å². The zero-order chi connectivity index (χ0) is 20.2. The van der Waals surface area contributed by atoms with Crippen molar-refractivity contribution in [2.75, 3.05) is 10.2 Å². The Balaban J connectivity index is 1.87. The minimum atomic E-state index is -1.54. The second-order valence-corrected chi connectivity index (χ2v) is 7.36. The predicted molar refractivity (Wildman–Crippen MR) is 112 cm³/mol. The Morgan fingerprint density at radius 3 is 2.38 bits per heavy atom. The molecule has 2 N–H and O–H groups in total. The maximum Gasteiger partial charge on any atom is 0.295 e.